The zero-order valence-electron chi connectivity index (χ0n) is 13.4. The first kappa shape index (κ1) is 15.5. The Balaban J connectivity index is 1.63. The maximum absolute atomic E-state index is 9.07. The second kappa shape index (κ2) is 6.79. The van der Waals surface area contributed by atoms with E-state index in [0.29, 0.717) is 6.54 Å². The van der Waals surface area contributed by atoms with E-state index < -0.39 is 0 Å². The van der Waals surface area contributed by atoms with Gasteiger partial charge in [-0.25, -0.2) is 4.68 Å². The molecule has 2 heterocycles. The van der Waals surface area contributed by atoms with Crippen LogP contribution in [-0.4, -0.2) is 20.1 Å². The van der Waals surface area contributed by atoms with E-state index >= 15 is 0 Å². The summed E-state index contributed by atoms with van der Waals surface area (Å²) in [6.07, 6.45) is 2.78. The maximum Gasteiger partial charge on any atom is 0.107 e. The van der Waals surface area contributed by atoms with Crippen molar-refractivity contribution < 1.29 is 9.52 Å². The van der Waals surface area contributed by atoms with Crippen molar-refractivity contribution in [2.75, 3.05) is 0 Å². The van der Waals surface area contributed by atoms with Crippen LogP contribution in [-0.2, 0) is 19.6 Å². The second-order valence-electron chi connectivity index (χ2n) is 5.94. The van der Waals surface area contributed by atoms with Crippen molar-refractivity contribution in [2.45, 2.75) is 39.3 Å². The molecule has 0 aliphatic carbocycles. The van der Waals surface area contributed by atoms with Gasteiger partial charge >= 0.3 is 0 Å². The smallest absolute Gasteiger partial charge is 0.107 e. The first-order valence-corrected chi connectivity index (χ1v) is 7.78. The Hall–Kier alpha value is -2.40. The summed E-state index contributed by atoms with van der Waals surface area (Å²) in [5.74, 6) is 2.19. The molecule has 0 aliphatic rings. The van der Waals surface area contributed by atoms with Gasteiger partial charge in [-0.1, -0.05) is 36.4 Å². The van der Waals surface area contributed by atoms with Gasteiger partial charge in [0.15, 0.2) is 0 Å². The maximum atomic E-state index is 9.07. The number of rotatable bonds is 6. The van der Waals surface area contributed by atoms with Crippen LogP contribution in [0.3, 0.4) is 0 Å². The number of nitrogens with zero attached hydrogens (tertiary/aromatic N) is 3. The van der Waals surface area contributed by atoms with Crippen LogP contribution in [0.25, 0.3) is 0 Å². The Labute approximate surface area is 135 Å². The third-order valence-corrected chi connectivity index (χ3v) is 3.90. The Morgan fingerprint density at radius 2 is 1.87 bits per heavy atom. The lowest BCUT2D eigenvalue weighted by atomic mass is 10.0. The van der Waals surface area contributed by atoms with E-state index in [1.165, 1.54) is 0 Å². The highest BCUT2D eigenvalue weighted by Gasteiger charge is 2.13. The Bertz CT molecular complexity index is 759. The normalized spacial score (nSPS) is 12.5. The van der Waals surface area contributed by atoms with Gasteiger partial charge in [0.05, 0.1) is 18.8 Å². The molecule has 0 saturated heterocycles. The van der Waals surface area contributed by atoms with Gasteiger partial charge in [-0.3, -0.25) is 0 Å². The molecule has 0 amide bonds. The molecule has 0 unspecified atom stereocenters. The van der Waals surface area contributed by atoms with Gasteiger partial charge < -0.3 is 9.52 Å². The molecule has 2 aromatic heterocycles. The van der Waals surface area contributed by atoms with E-state index in [1.54, 1.807) is 0 Å². The largest absolute Gasteiger partial charge is 0.466 e. The number of aliphatic hydroxyl groups is 1. The van der Waals surface area contributed by atoms with Crippen molar-refractivity contribution in [1.82, 2.24) is 15.0 Å². The van der Waals surface area contributed by atoms with E-state index in [-0.39, 0.29) is 12.5 Å². The molecule has 0 radical (unpaired) electrons. The molecule has 5 nitrogen and oxygen atoms in total. The minimum Gasteiger partial charge on any atom is -0.466 e. The zero-order valence-corrected chi connectivity index (χ0v) is 13.4. The molecule has 1 aromatic carbocycles. The third kappa shape index (κ3) is 3.87. The first-order valence-electron chi connectivity index (χ1n) is 7.78. The highest BCUT2D eigenvalue weighted by atomic mass is 16.3. The molecule has 0 fully saturated rings. The molecule has 0 aliphatic heterocycles. The van der Waals surface area contributed by atoms with Gasteiger partial charge in [0.1, 0.15) is 11.5 Å². The monoisotopic (exact) mass is 311 g/mol. The summed E-state index contributed by atoms with van der Waals surface area (Å²) in [4.78, 5) is 0. The second-order valence-corrected chi connectivity index (χ2v) is 5.94. The molecule has 1 atom stereocenters. The quantitative estimate of drug-likeness (QED) is 0.760. The summed E-state index contributed by atoms with van der Waals surface area (Å²) in [7, 11) is 0. The minimum atomic E-state index is 0.0674. The van der Waals surface area contributed by atoms with Gasteiger partial charge in [0.2, 0.25) is 0 Å². The van der Waals surface area contributed by atoms with Crippen LogP contribution in [0.1, 0.15) is 41.2 Å². The van der Waals surface area contributed by atoms with Crippen LogP contribution in [0.4, 0.5) is 0 Å². The van der Waals surface area contributed by atoms with Crippen LogP contribution in [0.2, 0.25) is 0 Å². The number of hydrogen-bond acceptors (Lipinski definition) is 4. The minimum absolute atomic E-state index is 0.0674. The molecule has 0 bridgehead atoms. The standard InChI is InChI=1S/C18H21N3O2/c1-13(18-8-3-14(2)23-18)9-17-11-21(20-19-17)10-15-4-6-16(12-22)7-5-15/h3-8,11,13,22H,9-10,12H2,1-2H3/t13-/m0/s1. The van der Waals surface area contributed by atoms with Crippen LogP contribution >= 0.6 is 0 Å². The topological polar surface area (TPSA) is 64.1 Å². The van der Waals surface area contributed by atoms with Gasteiger partial charge in [-0.2, -0.15) is 0 Å². The molecule has 0 spiro atoms. The highest BCUT2D eigenvalue weighted by molar-refractivity contribution is 5.22. The fourth-order valence-electron chi connectivity index (χ4n) is 2.58. The van der Waals surface area contributed by atoms with Crippen molar-refractivity contribution in [2.24, 2.45) is 0 Å². The van der Waals surface area contributed by atoms with Crippen LogP contribution in [0, 0.1) is 6.92 Å². The van der Waals surface area contributed by atoms with Crippen molar-refractivity contribution >= 4 is 0 Å². The Kier molecular flexibility index (Phi) is 4.57. The predicted molar refractivity (Wildman–Crippen MR) is 87.1 cm³/mol. The van der Waals surface area contributed by atoms with E-state index in [1.807, 2.05) is 54.2 Å². The lowest BCUT2D eigenvalue weighted by molar-refractivity contribution is 0.282. The van der Waals surface area contributed by atoms with Gasteiger partial charge in [0.25, 0.3) is 0 Å². The highest BCUT2D eigenvalue weighted by Crippen LogP contribution is 2.21. The average molecular weight is 311 g/mol. The summed E-state index contributed by atoms with van der Waals surface area (Å²) in [5, 5.41) is 17.5. The molecular formula is C18H21N3O2. The number of aliphatic hydroxyl groups excluding tert-OH is 1. The molecule has 3 aromatic rings. The number of aryl methyl sites for hydroxylation is 1. The summed E-state index contributed by atoms with van der Waals surface area (Å²) < 4.78 is 7.50. The molecule has 23 heavy (non-hydrogen) atoms. The fourth-order valence-corrected chi connectivity index (χ4v) is 2.58. The molecule has 0 saturated carbocycles. The number of hydrogen-bond donors (Lipinski definition) is 1. The Morgan fingerprint density at radius 3 is 2.52 bits per heavy atom. The number of benzene rings is 1. The zero-order chi connectivity index (χ0) is 16.2. The van der Waals surface area contributed by atoms with Gasteiger partial charge in [-0.15, -0.1) is 5.10 Å². The Morgan fingerprint density at radius 1 is 1.13 bits per heavy atom. The van der Waals surface area contributed by atoms with E-state index in [4.69, 9.17) is 9.52 Å². The van der Waals surface area contributed by atoms with E-state index in [9.17, 15) is 0 Å². The predicted octanol–water partition coefficient (Wildman–Crippen LogP) is 3.07. The molecular weight excluding hydrogens is 290 g/mol. The lowest BCUT2D eigenvalue weighted by Crippen LogP contribution is -2.00. The van der Waals surface area contributed by atoms with Crippen LogP contribution in [0.15, 0.2) is 47.0 Å². The fraction of sp³-hybridized carbons (Fsp3) is 0.333. The molecule has 120 valence electrons. The van der Waals surface area contributed by atoms with Crippen molar-refractivity contribution in [3.05, 3.63) is 70.9 Å². The van der Waals surface area contributed by atoms with Crippen LogP contribution < -0.4 is 0 Å². The van der Waals surface area contributed by atoms with Gasteiger partial charge in [0, 0.05) is 18.5 Å². The van der Waals surface area contributed by atoms with Crippen molar-refractivity contribution in [3.63, 3.8) is 0 Å². The lowest BCUT2D eigenvalue weighted by Gasteiger charge is -2.05. The molecule has 3 rings (SSSR count). The molecule has 5 heteroatoms. The summed E-state index contributed by atoms with van der Waals surface area (Å²) in [5.41, 5.74) is 3.00. The number of aromatic nitrogens is 3. The first-order chi connectivity index (χ1) is 11.1. The average Bonchev–Trinajstić information content (AvgIpc) is 3.17. The molecule has 1 N–H and O–H groups in total. The summed E-state index contributed by atoms with van der Waals surface area (Å²) >= 11 is 0. The summed E-state index contributed by atoms with van der Waals surface area (Å²) in [6.45, 7) is 4.82. The summed E-state index contributed by atoms with van der Waals surface area (Å²) in [6, 6.07) is 11.9. The van der Waals surface area contributed by atoms with Gasteiger partial charge in [-0.05, 0) is 30.2 Å². The van der Waals surface area contributed by atoms with Crippen LogP contribution in [0.5, 0.6) is 0 Å². The van der Waals surface area contributed by atoms with E-state index in [2.05, 4.69) is 17.2 Å². The van der Waals surface area contributed by atoms with Crippen molar-refractivity contribution in [3.8, 4) is 0 Å². The SMILES string of the molecule is Cc1ccc([C@@H](C)Cc2cn(Cc3ccc(CO)cc3)nn2)o1. The number of furan rings is 1. The third-order valence-electron chi connectivity index (χ3n) is 3.90. The van der Waals surface area contributed by atoms with E-state index in [0.717, 1.165) is 34.8 Å². The van der Waals surface area contributed by atoms with Crippen molar-refractivity contribution in [1.29, 1.82) is 0 Å².